The Hall–Kier alpha value is -1.36. The molecule has 0 amide bonds. The lowest BCUT2D eigenvalue weighted by molar-refractivity contribution is 0.0587. The molecule has 1 aromatic rings. The van der Waals surface area contributed by atoms with Crippen molar-refractivity contribution in [2.75, 3.05) is 13.7 Å². The Balaban J connectivity index is 2.40. The lowest BCUT2D eigenvalue weighted by Crippen LogP contribution is -2.33. The number of esters is 1. The minimum atomic E-state index is -0.321. The van der Waals surface area contributed by atoms with E-state index in [4.69, 9.17) is 0 Å². The Morgan fingerprint density at radius 1 is 1.79 bits per heavy atom. The summed E-state index contributed by atoms with van der Waals surface area (Å²) in [4.78, 5) is 15.6. The van der Waals surface area contributed by atoms with Gasteiger partial charge in [0, 0.05) is 13.1 Å². The maximum absolute atomic E-state index is 11.3. The molecule has 14 heavy (non-hydrogen) atoms. The van der Waals surface area contributed by atoms with Crippen molar-refractivity contribution in [3.8, 4) is 0 Å². The average molecular weight is 195 g/mol. The summed E-state index contributed by atoms with van der Waals surface area (Å²) in [6, 6.07) is 0.196. The van der Waals surface area contributed by atoms with Crippen LogP contribution >= 0.6 is 0 Å². The second kappa shape index (κ2) is 3.42. The van der Waals surface area contributed by atoms with E-state index in [-0.39, 0.29) is 12.0 Å². The van der Waals surface area contributed by atoms with Gasteiger partial charge < -0.3 is 14.6 Å². The summed E-state index contributed by atoms with van der Waals surface area (Å²) in [5.74, 6) is 0.578. The van der Waals surface area contributed by atoms with Gasteiger partial charge in [0.1, 0.15) is 11.5 Å². The summed E-state index contributed by atoms with van der Waals surface area (Å²) in [7, 11) is 1.38. The predicted octanol–water partition coefficient (Wildman–Crippen LogP) is 0.334. The molecule has 0 aromatic carbocycles. The fourth-order valence-corrected chi connectivity index (χ4v) is 1.72. The van der Waals surface area contributed by atoms with Crippen LogP contribution in [-0.2, 0) is 11.3 Å². The number of hydrogen-bond acceptors (Lipinski definition) is 4. The summed E-state index contributed by atoms with van der Waals surface area (Å²) >= 11 is 0. The normalized spacial score (nSPS) is 20.3. The van der Waals surface area contributed by atoms with Crippen molar-refractivity contribution in [1.29, 1.82) is 0 Å². The molecule has 1 aliphatic rings. The van der Waals surface area contributed by atoms with E-state index in [1.807, 2.05) is 11.5 Å². The standard InChI is InChI=1S/C9H13N3O2/c1-6-8-11-5-7(9(13)14-2)12(8)4-3-10-6/h5-6,10H,3-4H2,1-2H3. The van der Waals surface area contributed by atoms with Crippen molar-refractivity contribution in [3.05, 3.63) is 17.7 Å². The van der Waals surface area contributed by atoms with Gasteiger partial charge in [-0.1, -0.05) is 0 Å². The Bertz CT molecular complexity index is 359. The van der Waals surface area contributed by atoms with E-state index in [9.17, 15) is 4.79 Å². The van der Waals surface area contributed by atoms with Crippen LogP contribution in [0.2, 0.25) is 0 Å². The molecule has 76 valence electrons. The highest BCUT2D eigenvalue weighted by atomic mass is 16.5. The lowest BCUT2D eigenvalue weighted by atomic mass is 10.2. The number of methoxy groups -OCH3 is 1. The van der Waals surface area contributed by atoms with Crippen LogP contribution < -0.4 is 5.32 Å². The molecule has 1 N–H and O–H groups in total. The van der Waals surface area contributed by atoms with Crippen LogP contribution in [0.25, 0.3) is 0 Å². The highest BCUT2D eigenvalue weighted by Crippen LogP contribution is 2.17. The van der Waals surface area contributed by atoms with Gasteiger partial charge >= 0.3 is 5.97 Å². The van der Waals surface area contributed by atoms with Crippen LogP contribution in [0.4, 0.5) is 0 Å². The van der Waals surface area contributed by atoms with E-state index in [0.29, 0.717) is 5.69 Å². The zero-order valence-corrected chi connectivity index (χ0v) is 8.28. The number of ether oxygens (including phenoxy) is 1. The highest BCUT2D eigenvalue weighted by molar-refractivity contribution is 5.87. The first-order valence-electron chi connectivity index (χ1n) is 4.61. The van der Waals surface area contributed by atoms with Gasteiger partial charge in [0.2, 0.25) is 0 Å². The van der Waals surface area contributed by atoms with Gasteiger partial charge in [-0.3, -0.25) is 0 Å². The van der Waals surface area contributed by atoms with Crippen molar-refractivity contribution < 1.29 is 9.53 Å². The van der Waals surface area contributed by atoms with Crippen LogP contribution in [0.1, 0.15) is 29.3 Å². The topological polar surface area (TPSA) is 56.1 Å². The molecule has 1 unspecified atom stereocenters. The number of nitrogens with one attached hydrogen (secondary N) is 1. The van der Waals surface area contributed by atoms with E-state index in [1.165, 1.54) is 7.11 Å². The maximum Gasteiger partial charge on any atom is 0.356 e. The van der Waals surface area contributed by atoms with Crippen LogP contribution in [0.15, 0.2) is 6.20 Å². The zero-order chi connectivity index (χ0) is 10.1. The second-order valence-corrected chi connectivity index (χ2v) is 3.32. The molecule has 2 heterocycles. The molecule has 1 aromatic heterocycles. The highest BCUT2D eigenvalue weighted by Gasteiger charge is 2.23. The third-order valence-corrected chi connectivity index (χ3v) is 2.45. The molecule has 5 nitrogen and oxygen atoms in total. The fraction of sp³-hybridized carbons (Fsp3) is 0.556. The molecule has 0 fully saturated rings. The Labute approximate surface area is 82.1 Å². The molecule has 0 radical (unpaired) electrons. The van der Waals surface area contributed by atoms with E-state index >= 15 is 0 Å². The number of rotatable bonds is 1. The Morgan fingerprint density at radius 3 is 3.29 bits per heavy atom. The van der Waals surface area contributed by atoms with Crippen molar-refractivity contribution in [2.45, 2.75) is 19.5 Å². The van der Waals surface area contributed by atoms with Gasteiger partial charge in [0.25, 0.3) is 0 Å². The molecule has 0 spiro atoms. The van der Waals surface area contributed by atoms with Crippen LogP contribution in [0, 0.1) is 0 Å². The minimum Gasteiger partial charge on any atom is -0.464 e. The number of imidazole rings is 1. The number of carbonyl (C=O) groups excluding carboxylic acids is 1. The minimum absolute atomic E-state index is 0.196. The third kappa shape index (κ3) is 1.29. The molecular formula is C9H13N3O2. The third-order valence-electron chi connectivity index (χ3n) is 2.45. The van der Waals surface area contributed by atoms with Crippen LogP contribution in [0.5, 0.6) is 0 Å². The molecule has 2 rings (SSSR count). The largest absolute Gasteiger partial charge is 0.464 e. The number of fused-ring (bicyclic) bond motifs is 1. The summed E-state index contributed by atoms with van der Waals surface area (Å²) in [6.45, 7) is 3.65. The molecule has 0 aliphatic carbocycles. The first-order valence-corrected chi connectivity index (χ1v) is 4.61. The average Bonchev–Trinajstić information content (AvgIpc) is 2.62. The molecule has 0 saturated carbocycles. The van der Waals surface area contributed by atoms with Gasteiger partial charge in [0.05, 0.1) is 19.3 Å². The SMILES string of the molecule is COC(=O)c1cnc2n1CCNC2C. The van der Waals surface area contributed by atoms with Crippen LogP contribution in [-0.4, -0.2) is 29.2 Å². The van der Waals surface area contributed by atoms with Gasteiger partial charge in [0.15, 0.2) is 0 Å². The second-order valence-electron chi connectivity index (χ2n) is 3.32. The summed E-state index contributed by atoms with van der Waals surface area (Å²) in [6.07, 6.45) is 1.57. The zero-order valence-electron chi connectivity index (χ0n) is 8.28. The molecule has 1 aliphatic heterocycles. The van der Waals surface area contributed by atoms with Gasteiger partial charge in [-0.05, 0) is 6.92 Å². The summed E-state index contributed by atoms with van der Waals surface area (Å²) in [5.41, 5.74) is 0.538. The number of aromatic nitrogens is 2. The predicted molar refractivity (Wildman–Crippen MR) is 50.0 cm³/mol. The van der Waals surface area contributed by atoms with E-state index in [1.54, 1.807) is 6.20 Å². The van der Waals surface area contributed by atoms with Crippen LogP contribution in [0.3, 0.4) is 0 Å². The van der Waals surface area contributed by atoms with Crippen molar-refractivity contribution in [1.82, 2.24) is 14.9 Å². The molecular weight excluding hydrogens is 182 g/mol. The first-order chi connectivity index (χ1) is 6.74. The quantitative estimate of drug-likeness (QED) is 0.656. The van der Waals surface area contributed by atoms with Crippen molar-refractivity contribution in [2.24, 2.45) is 0 Å². The van der Waals surface area contributed by atoms with Gasteiger partial charge in [-0.2, -0.15) is 0 Å². The maximum atomic E-state index is 11.3. The lowest BCUT2D eigenvalue weighted by Gasteiger charge is -2.22. The first kappa shape index (κ1) is 9.21. The molecule has 0 bridgehead atoms. The van der Waals surface area contributed by atoms with Gasteiger partial charge in [-0.15, -0.1) is 0 Å². The number of nitrogens with zero attached hydrogens (tertiary/aromatic N) is 2. The Morgan fingerprint density at radius 2 is 2.57 bits per heavy atom. The number of carbonyl (C=O) groups is 1. The van der Waals surface area contributed by atoms with Gasteiger partial charge in [-0.25, -0.2) is 9.78 Å². The molecule has 5 heteroatoms. The monoisotopic (exact) mass is 195 g/mol. The fourth-order valence-electron chi connectivity index (χ4n) is 1.72. The van der Waals surface area contributed by atoms with Crippen molar-refractivity contribution in [3.63, 3.8) is 0 Å². The van der Waals surface area contributed by atoms with E-state index in [0.717, 1.165) is 18.9 Å². The van der Waals surface area contributed by atoms with E-state index < -0.39 is 0 Å². The molecule has 0 saturated heterocycles. The van der Waals surface area contributed by atoms with Crippen molar-refractivity contribution >= 4 is 5.97 Å². The van der Waals surface area contributed by atoms with E-state index in [2.05, 4.69) is 15.0 Å². The smallest absolute Gasteiger partial charge is 0.356 e. The summed E-state index contributed by atoms with van der Waals surface area (Å²) < 4.78 is 6.59. The molecule has 1 atom stereocenters. The summed E-state index contributed by atoms with van der Waals surface area (Å²) in [5, 5.41) is 3.27. The Kier molecular flexibility index (Phi) is 2.25. The number of hydrogen-bond donors (Lipinski definition) is 1.